The Hall–Kier alpha value is -4.47. The summed E-state index contributed by atoms with van der Waals surface area (Å²) in [6.45, 7) is 1.58. The molecule has 1 N–H and O–H groups in total. The van der Waals surface area contributed by atoms with Crippen molar-refractivity contribution in [2.75, 3.05) is 0 Å². The van der Waals surface area contributed by atoms with Gasteiger partial charge in [0.05, 0.1) is 18.4 Å². The molecular weight excluding hydrogens is 539 g/mol. The zero-order chi connectivity index (χ0) is 29.2. The maximum Gasteiger partial charge on any atom is 0.573 e. The first-order valence-corrected chi connectivity index (χ1v) is 13.1. The SMILES string of the molecule is CC1=CC(=O)C2=C(CC3C(=CCC4C(=O)N(Cc5ccccc5)C(=O)C43)C2c2cc(OC(F)(F)F)ccc2O)C1=O. The molecule has 4 atom stereocenters. The number of phenolic OH excluding ortho intramolecular Hbond substituents is 1. The van der Waals surface area contributed by atoms with Crippen LogP contribution in [0.3, 0.4) is 0 Å². The lowest BCUT2D eigenvalue weighted by molar-refractivity contribution is -0.274. The van der Waals surface area contributed by atoms with Gasteiger partial charge in [0.15, 0.2) is 11.6 Å². The van der Waals surface area contributed by atoms with Gasteiger partial charge in [0.25, 0.3) is 0 Å². The molecule has 3 aliphatic carbocycles. The standard InChI is InChI=1S/C31H24F3NO6/c1-15-11-24(37)27-22(28(15)38)13-20-18(25(27)21-12-17(7-10-23(21)36)41-31(32,33)34)8-9-19-26(20)30(40)35(29(19)39)14-16-5-3-2-4-6-16/h2-8,10-12,19-20,25-26,36H,9,13-14H2,1H3. The Morgan fingerprint density at radius 2 is 1.73 bits per heavy atom. The minimum absolute atomic E-state index is 0.0201. The number of allylic oxidation sites excluding steroid dienone is 6. The third-order valence-corrected chi connectivity index (χ3v) is 8.38. The fourth-order valence-electron chi connectivity index (χ4n) is 6.69. The number of fused-ring (bicyclic) bond motifs is 3. The molecule has 1 fully saturated rings. The largest absolute Gasteiger partial charge is 0.573 e. The van der Waals surface area contributed by atoms with E-state index in [-0.39, 0.29) is 47.6 Å². The molecule has 1 heterocycles. The minimum atomic E-state index is -5.00. The van der Waals surface area contributed by atoms with Crippen LogP contribution in [-0.2, 0) is 25.7 Å². The Labute approximate surface area is 232 Å². The molecule has 0 bridgehead atoms. The van der Waals surface area contributed by atoms with Crippen LogP contribution in [0, 0.1) is 17.8 Å². The number of phenols is 1. The number of aromatic hydroxyl groups is 1. The lowest BCUT2D eigenvalue weighted by Crippen LogP contribution is -2.39. The molecular formula is C31H24F3NO6. The third-order valence-electron chi connectivity index (χ3n) is 8.38. The van der Waals surface area contributed by atoms with Gasteiger partial charge in [-0.15, -0.1) is 13.2 Å². The highest BCUT2D eigenvalue weighted by Gasteiger charge is 2.56. The van der Waals surface area contributed by atoms with Crippen LogP contribution in [0.4, 0.5) is 13.2 Å². The maximum atomic E-state index is 13.8. The summed E-state index contributed by atoms with van der Waals surface area (Å²) in [5, 5.41) is 10.8. The Morgan fingerprint density at radius 3 is 2.44 bits per heavy atom. The lowest BCUT2D eigenvalue weighted by Gasteiger charge is -2.42. The molecule has 0 aromatic heterocycles. The van der Waals surface area contributed by atoms with E-state index in [4.69, 9.17) is 0 Å². The molecule has 210 valence electrons. The first-order chi connectivity index (χ1) is 19.4. The van der Waals surface area contributed by atoms with Gasteiger partial charge in [-0.2, -0.15) is 0 Å². The number of ketones is 2. The van der Waals surface area contributed by atoms with Gasteiger partial charge in [-0.3, -0.25) is 24.1 Å². The summed E-state index contributed by atoms with van der Waals surface area (Å²) in [7, 11) is 0. The van der Waals surface area contributed by atoms with E-state index in [2.05, 4.69) is 4.74 Å². The predicted octanol–water partition coefficient (Wildman–Crippen LogP) is 4.92. The number of carbonyl (C=O) groups is 4. The number of likely N-dealkylation sites (tertiary alicyclic amines) is 1. The monoisotopic (exact) mass is 563 g/mol. The molecule has 2 amide bonds. The van der Waals surface area contributed by atoms with Crippen molar-refractivity contribution in [3.05, 3.63) is 94.1 Å². The summed E-state index contributed by atoms with van der Waals surface area (Å²) in [5.74, 6) is -5.93. The molecule has 0 radical (unpaired) electrons. The number of carbonyl (C=O) groups excluding carboxylic acids is 4. The number of halogens is 3. The van der Waals surface area contributed by atoms with Crippen molar-refractivity contribution < 1.29 is 42.2 Å². The number of hydrogen-bond donors (Lipinski definition) is 1. The molecule has 6 rings (SSSR count). The zero-order valence-electron chi connectivity index (χ0n) is 21.8. The summed E-state index contributed by atoms with van der Waals surface area (Å²) in [4.78, 5) is 55.1. The second-order valence-corrected chi connectivity index (χ2v) is 10.7. The van der Waals surface area contributed by atoms with E-state index in [0.29, 0.717) is 5.57 Å². The lowest BCUT2D eigenvalue weighted by atomic mass is 9.59. The number of Topliss-reactive ketones (excluding diaryl/α,β-unsaturated/α-hetero) is 1. The highest BCUT2D eigenvalue weighted by molar-refractivity contribution is 6.23. The number of hydrogen-bond acceptors (Lipinski definition) is 6. The maximum absolute atomic E-state index is 13.8. The van der Waals surface area contributed by atoms with Crippen LogP contribution in [0.1, 0.15) is 36.8 Å². The molecule has 1 aliphatic heterocycles. The Kier molecular flexibility index (Phi) is 6.24. The smallest absolute Gasteiger partial charge is 0.508 e. The van der Waals surface area contributed by atoms with Gasteiger partial charge in [0.1, 0.15) is 11.5 Å². The average Bonchev–Trinajstić information content (AvgIpc) is 3.16. The Balaban J connectivity index is 1.46. The molecule has 0 saturated carbocycles. The van der Waals surface area contributed by atoms with E-state index in [1.165, 1.54) is 17.9 Å². The van der Waals surface area contributed by atoms with E-state index >= 15 is 0 Å². The van der Waals surface area contributed by atoms with Gasteiger partial charge >= 0.3 is 6.36 Å². The molecule has 10 heteroatoms. The summed E-state index contributed by atoms with van der Waals surface area (Å²) in [6.07, 6.45) is -1.90. The van der Waals surface area contributed by atoms with Crippen molar-refractivity contribution >= 4 is 23.4 Å². The minimum Gasteiger partial charge on any atom is -0.508 e. The second-order valence-electron chi connectivity index (χ2n) is 10.7. The number of ether oxygens (including phenoxy) is 1. The van der Waals surface area contributed by atoms with Crippen molar-refractivity contribution in [1.82, 2.24) is 4.90 Å². The quantitative estimate of drug-likeness (QED) is 0.322. The number of amides is 2. The fraction of sp³-hybridized carbons (Fsp3) is 0.290. The van der Waals surface area contributed by atoms with E-state index in [1.54, 1.807) is 30.3 Å². The first-order valence-electron chi connectivity index (χ1n) is 13.1. The van der Waals surface area contributed by atoms with Gasteiger partial charge in [-0.05, 0) is 55.5 Å². The van der Waals surface area contributed by atoms with Crippen molar-refractivity contribution in [2.45, 2.75) is 38.6 Å². The van der Waals surface area contributed by atoms with Crippen molar-refractivity contribution in [3.63, 3.8) is 0 Å². The van der Waals surface area contributed by atoms with E-state index < -0.39 is 59.0 Å². The van der Waals surface area contributed by atoms with Crippen molar-refractivity contribution in [3.8, 4) is 11.5 Å². The number of nitrogens with zero attached hydrogens (tertiary/aromatic N) is 1. The number of benzene rings is 2. The van der Waals surface area contributed by atoms with E-state index in [0.717, 1.165) is 23.8 Å². The van der Waals surface area contributed by atoms with Crippen molar-refractivity contribution in [2.24, 2.45) is 17.8 Å². The summed E-state index contributed by atoms with van der Waals surface area (Å²) >= 11 is 0. The third kappa shape index (κ3) is 4.47. The highest BCUT2D eigenvalue weighted by atomic mass is 19.4. The van der Waals surface area contributed by atoms with Crippen LogP contribution in [0.25, 0.3) is 0 Å². The first kappa shape index (κ1) is 26.7. The number of imide groups is 1. The molecule has 0 spiro atoms. The van der Waals surface area contributed by atoms with Crippen LogP contribution in [0.2, 0.25) is 0 Å². The Morgan fingerprint density at radius 1 is 1.00 bits per heavy atom. The number of alkyl halides is 3. The van der Waals surface area contributed by atoms with Crippen LogP contribution >= 0.6 is 0 Å². The zero-order valence-corrected chi connectivity index (χ0v) is 21.8. The van der Waals surface area contributed by atoms with Crippen LogP contribution < -0.4 is 4.74 Å². The van der Waals surface area contributed by atoms with E-state index in [9.17, 15) is 37.5 Å². The average molecular weight is 564 g/mol. The second kappa shape index (κ2) is 9.57. The molecule has 4 aliphatic rings. The number of rotatable bonds is 4. The van der Waals surface area contributed by atoms with Crippen LogP contribution in [0.15, 0.2) is 83.0 Å². The molecule has 41 heavy (non-hydrogen) atoms. The highest BCUT2D eigenvalue weighted by Crippen LogP contribution is 2.56. The van der Waals surface area contributed by atoms with Gasteiger partial charge in [-0.25, -0.2) is 0 Å². The van der Waals surface area contributed by atoms with Crippen LogP contribution in [0.5, 0.6) is 11.5 Å². The topological polar surface area (TPSA) is 101 Å². The van der Waals surface area contributed by atoms with Gasteiger partial charge in [-0.1, -0.05) is 42.0 Å². The molecule has 4 unspecified atom stereocenters. The van der Waals surface area contributed by atoms with Crippen LogP contribution in [-0.4, -0.2) is 39.7 Å². The molecule has 1 saturated heterocycles. The summed E-state index contributed by atoms with van der Waals surface area (Å²) < 4.78 is 43.2. The fourth-order valence-corrected chi connectivity index (χ4v) is 6.69. The van der Waals surface area contributed by atoms with Gasteiger partial charge < -0.3 is 9.84 Å². The summed E-state index contributed by atoms with van der Waals surface area (Å²) in [5.41, 5.74) is 1.63. The van der Waals surface area contributed by atoms with Gasteiger partial charge in [0, 0.05) is 28.2 Å². The molecule has 2 aromatic rings. The Bertz CT molecular complexity index is 1600. The van der Waals surface area contributed by atoms with Crippen molar-refractivity contribution in [1.29, 1.82) is 0 Å². The van der Waals surface area contributed by atoms with E-state index in [1.807, 2.05) is 6.07 Å². The molecule has 2 aromatic carbocycles. The summed E-state index contributed by atoms with van der Waals surface area (Å²) in [6, 6.07) is 12.0. The normalized spacial score (nSPS) is 25.9. The van der Waals surface area contributed by atoms with Gasteiger partial charge in [0.2, 0.25) is 11.8 Å². The molecule has 7 nitrogen and oxygen atoms in total. The predicted molar refractivity (Wildman–Crippen MR) is 138 cm³/mol.